The third-order valence-corrected chi connectivity index (χ3v) is 3.11. The summed E-state index contributed by atoms with van der Waals surface area (Å²) in [6, 6.07) is 5.07. The summed E-state index contributed by atoms with van der Waals surface area (Å²) in [5.41, 5.74) is 3.84. The first kappa shape index (κ1) is 16.2. The quantitative estimate of drug-likeness (QED) is 0.449. The maximum atomic E-state index is 11.0. The van der Waals surface area contributed by atoms with E-state index in [9.17, 15) is 10.1 Å². The van der Waals surface area contributed by atoms with Crippen LogP contribution in [0.1, 0.15) is 13.8 Å². The summed E-state index contributed by atoms with van der Waals surface area (Å²) in [5, 5.41) is 11.0. The molecule has 0 saturated carbocycles. The molecular formula is C13H23N5O2. The first-order valence-electron chi connectivity index (χ1n) is 6.56. The van der Waals surface area contributed by atoms with Gasteiger partial charge in [-0.25, -0.2) is 0 Å². The average Bonchev–Trinajstić information content (AvgIpc) is 2.38. The number of nitro groups is 1. The van der Waals surface area contributed by atoms with Crippen molar-refractivity contribution in [2.75, 3.05) is 37.5 Å². The molecule has 0 saturated heterocycles. The molecule has 0 radical (unpaired) electrons. The first-order chi connectivity index (χ1) is 9.38. The largest absolute Gasteiger partial charge is 0.368 e. The van der Waals surface area contributed by atoms with E-state index in [0.717, 1.165) is 18.8 Å². The van der Waals surface area contributed by atoms with Crippen molar-refractivity contribution in [3.8, 4) is 0 Å². The van der Waals surface area contributed by atoms with Gasteiger partial charge in [-0.2, -0.15) is 0 Å². The van der Waals surface area contributed by atoms with Gasteiger partial charge in [0.05, 0.1) is 10.6 Å². The van der Waals surface area contributed by atoms with Gasteiger partial charge in [0, 0.05) is 37.0 Å². The van der Waals surface area contributed by atoms with Gasteiger partial charge in [0.25, 0.3) is 5.69 Å². The Kier molecular flexibility index (Phi) is 5.72. The molecule has 0 aromatic heterocycles. The zero-order valence-electron chi connectivity index (χ0n) is 12.5. The minimum Gasteiger partial charge on any atom is -0.368 e. The van der Waals surface area contributed by atoms with Crippen molar-refractivity contribution in [3.05, 3.63) is 28.3 Å². The van der Waals surface area contributed by atoms with Crippen molar-refractivity contribution in [1.82, 2.24) is 4.90 Å². The number of nitrogen functional groups attached to an aromatic ring is 1. The number of nitrogens with zero attached hydrogens (tertiary/aromatic N) is 3. The van der Waals surface area contributed by atoms with Crippen LogP contribution in [0.4, 0.5) is 17.1 Å². The average molecular weight is 281 g/mol. The maximum absolute atomic E-state index is 11.0. The minimum absolute atomic E-state index is 0.0333. The molecule has 1 rings (SSSR count). The number of benzene rings is 1. The lowest BCUT2D eigenvalue weighted by molar-refractivity contribution is -0.384. The topological polar surface area (TPSA) is 87.7 Å². The van der Waals surface area contributed by atoms with Crippen molar-refractivity contribution in [1.29, 1.82) is 0 Å². The molecule has 0 fully saturated rings. The number of hydrazine groups is 1. The van der Waals surface area contributed by atoms with Crippen LogP contribution in [0.5, 0.6) is 0 Å². The highest BCUT2D eigenvalue weighted by Gasteiger charge is 2.17. The second-order valence-electron chi connectivity index (χ2n) is 5.04. The van der Waals surface area contributed by atoms with Crippen LogP contribution in [0.25, 0.3) is 0 Å². The summed E-state index contributed by atoms with van der Waals surface area (Å²) >= 11 is 0. The number of likely N-dealkylation sites (N-methyl/N-ethyl adjacent to an activating group) is 2. The Morgan fingerprint density at radius 2 is 2.05 bits per heavy atom. The van der Waals surface area contributed by atoms with Crippen LogP contribution in [0, 0.1) is 10.1 Å². The first-order valence-corrected chi connectivity index (χ1v) is 6.56. The molecule has 1 atom stereocenters. The van der Waals surface area contributed by atoms with E-state index in [-0.39, 0.29) is 11.7 Å². The molecule has 1 aromatic carbocycles. The van der Waals surface area contributed by atoms with Crippen LogP contribution in [-0.2, 0) is 0 Å². The molecule has 7 heteroatoms. The Morgan fingerprint density at radius 3 is 2.50 bits per heavy atom. The number of nitrogens with one attached hydrogen (secondary N) is 1. The second kappa shape index (κ2) is 7.06. The van der Waals surface area contributed by atoms with Crippen LogP contribution in [0.15, 0.2) is 18.2 Å². The smallest absolute Gasteiger partial charge is 0.273 e. The standard InChI is InChI=1S/C13H23N5O2/c1-5-17(10(2)9-16(3)4)12-6-11(15-14)7-13(8-12)18(19)20/h6-8,10,15H,5,9,14H2,1-4H3. The van der Waals surface area contributed by atoms with Crippen molar-refractivity contribution in [2.24, 2.45) is 5.84 Å². The van der Waals surface area contributed by atoms with E-state index in [1.807, 2.05) is 27.1 Å². The van der Waals surface area contributed by atoms with E-state index in [4.69, 9.17) is 5.84 Å². The Labute approximate surface area is 119 Å². The summed E-state index contributed by atoms with van der Waals surface area (Å²) in [5.74, 6) is 5.39. The molecule has 20 heavy (non-hydrogen) atoms. The van der Waals surface area contributed by atoms with E-state index in [1.54, 1.807) is 6.07 Å². The van der Waals surface area contributed by atoms with Crippen LogP contribution < -0.4 is 16.2 Å². The zero-order valence-corrected chi connectivity index (χ0v) is 12.5. The van der Waals surface area contributed by atoms with Crippen LogP contribution >= 0.6 is 0 Å². The van der Waals surface area contributed by atoms with Gasteiger partial charge in [0.1, 0.15) is 0 Å². The van der Waals surface area contributed by atoms with E-state index >= 15 is 0 Å². The molecule has 7 nitrogen and oxygen atoms in total. The summed E-state index contributed by atoms with van der Waals surface area (Å²) in [6.07, 6.45) is 0. The molecule has 0 aliphatic carbocycles. The lowest BCUT2D eigenvalue weighted by atomic mass is 10.2. The number of anilines is 2. The number of non-ortho nitro benzene ring substituents is 1. The number of hydrogen-bond acceptors (Lipinski definition) is 6. The fourth-order valence-electron chi connectivity index (χ4n) is 2.33. The van der Waals surface area contributed by atoms with Crippen molar-refractivity contribution in [2.45, 2.75) is 19.9 Å². The van der Waals surface area contributed by atoms with Crippen molar-refractivity contribution >= 4 is 17.1 Å². The summed E-state index contributed by atoms with van der Waals surface area (Å²) in [7, 11) is 4.01. The summed E-state index contributed by atoms with van der Waals surface area (Å²) < 4.78 is 0. The molecule has 0 amide bonds. The number of nitrogens with two attached hydrogens (primary N) is 1. The molecule has 1 aromatic rings. The second-order valence-corrected chi connectivity index (χ2v) is 5.04. The third-order valence-electron chi connectivity index (χ3n) is 3.11. The lowest BCUT2D eigenvalue weighted by Gasteiger charge is -2.32. The van der Waals surface area contributed by atoms with Gasteiger partial charge in [0.15, 0.2) is 0 Å². The molecule has 3 N–H and O–H groups in total. The van der Waals surface area contributed by atoms with Gasteiger partial charge < -0.3 is 15.2 Å². The highest BCUT2D eigenvalue weighted by Crippen LogP contribution is 2.27. The zero-order chi connectivity index (χ0) is 15.3. The Hall–Kier alpha value is -1.86. The number of rotatable bonds is 7. The van der Waals surface area contributed by atoms with Gasteiger partial charge in [-0.15, -0.1) is 0 Å². The van der Waals surface area contributed by atoms with Gasteiger partial charge in [0.2, 0.25) is 0 Å². The van der Waals surface area contributed by atoms with Crippen LogP contribution in [0.2, 0.25) is 0 Å². The monoisotopic (exact) mass is 281 g/mol. The summed E-state index contributed by atoms with van der Waals surface area (Å²) in [4.78, 5) is 14.8. The predicted molar refractivity (Wildman–Crippen MR) is 81.9 cm³/mol. The fraction of sp³-hybridized carbons (Fsp3) is 0.538. The van der Waals surface area contributed by atoms with Crippen molar-refractivity contribution in [3.63, 3.8) is 0 Å². The van der Waals surface area contributed by atoms with E-state index in [2.05, 4.69) is 22.1 Å². The lowest BCUT2D eigenvalue weighted by Crippen LogP contribution is -2.40. The maximum Gasteiger partial charge on any atom is 0.273 e. The van der Waals surface area contributed by atoms with Crippen LogP contribution in [0.3, 0.4) is 0 Å². The Morgan fingerprint density at radius 1 is 1.40 bits per heavy atom. The molecule has 0 bridgehead atoms. The molecule has 112 valence electrons. The summed E-state index contributed by atoms with van der Waals surface area (Å²) in [6.45, 7) is 5.75. The van der Waals surface area contributed by atoms with Crippen LogP contribution in [-0.4, -0.2) is 43.0 Å². The van der Waals surface area contributed by atoms with Gasteiger partial charge >= 0.3 is 0 Å². The third kappa shape index (κ3) is 4.07. The number of nitro benzene ring substituents is 1. The van der Waals surface area contributed by atoms with Crippen molar-refractivity contribution < 1.29 is 4.92 Å². The highest BCUT2D eigenvalue weighted by atomic mass is 16.6. The van der Waals surface area contributed by atoms with Gasteiger partial charge in [-0.1, -0.05) is 0 Å². The van der Waals surface area contributed by atoms with Gasteiger partial charge in [-0.05, 0) is 34.0 Å². The van der Waals surface area contributed by atoms with E-state index in [0.29, 0.717) is 5.69 Å². The van der Waals surface area contributed by atoms with E-state index < -0.39 is 4.92 Å². The molecule has 0 aliphatic heterocycles. The Balaban J connectivity index is 3.13. The highest BCUT2D eigenvalue weighted by molar-refractivity contribution is 5.64. The molecule has 0 aliphatic rings. The SMILES string of the molecule is CCN(c1cc(NN)cc([N+](=O)[O-])c1)C(C)CN(C)C. The minimum atomic E-state index is -0.408. The number of hydrogen-bond donors (Lipinski definition) is 2. The van der Waals surface area contributed by atoms with Gasteiger partial charge in [-0.3, -0.25) is 16.0 Å². The molecule has 0 spiro atoms. The Bertz CT molecular complexity index is 464. The van der Waals surface area contributed by atoms with E-state index in [1.165, 1.54) is 6.07 Å². The normalized spacial score (nSPS) is 12.3. The predicted octanol–water partition coefficient (Wildman–Crippen LogP) is 1.66. The fourth-order valence-corrected chi connectivity index (χ4v) is 2.33. The molecular weight excluding hydrogens is 258 g/mol. The molecule has 1 unspecified atom stereocenters. The molecule has 0 heterocycles.